The summed E-state index contributed by atoms with van der Waals surface area (Å²) in [7, 11) is 1.80. The van der Waals surface area contributed by atoms with Gasteiger partial charge in [0.2, 0.25) is 0 Å². The molecule has 6 heterocycles. The second-order valence-corrected chi connectivity index (χ2v) is 9.12. The minimum Gasteiger partial charge on any atom is -0.421 e. The zero-order valence-electron chi connectivity index (χ0n) is 18.3. The van der Waals surface area contributed by atoms with Crippen molar-refractivity contribution in [2.45, 2.75) is 31.8 Å². The number of halogens is 1. The van der Waals surface area contributed by atoms with E-state index in [9.17, 15) is 0 Å². The van der Waals surface area contributed by atoms with E-state index >= 15 is 4.39 Å². The van der Waals surface area contributed by atoms with E-state index in [1.165, 1.54) is 0 Å². The van der Waals surface area contributed by atoms with Crippen LogP contribution >= 0.6 is 0 Å². The molecular formula is C23H23FN8O. The lowest BCUT2D eigenvalue weighted by molar-refractivity contribution is 0.438. The van der Waals surface area contributed by atoms with Gasteiger partial charge in [-0.2, -0.15) is 9.97 Å². The fourth-order valence-electron chi connectivity index (χ4n) is 5.90. The van der Waals surface area contributed by atoms with E-state index in [1.807, 2.05) is 6.92 Å². The van der Waals surface area contributed by atoms with Crippen LogP contribution in [0.2, 0.25) is 0 Å². The molecule has 0 saturated carbocycles. The third kappa shape index (κ3) is 2.67. The Morgan fingerprint density at radius 1 is 1.18 bits per heavy atom. The summed E-state index contributed by atoms with van der Waals surface area (Å²) in [5, 5.41) is 8.36. The van der Waals surface area contributed by atoms with Gasteiger partial charge in [0.25, 0.3) is 0 Å². The Bertz CT molecular complexity index is 1420. The largest absolute Gasteiger partial charge is 0.421 e. The molecule has 168 valence electrons. The van der Waals surface area contributed by atoms with Crippen LogP contribution in [0.4, 0.5) is 15.9 Å². The van der Waals surface area contributed by atoms with E-state index in [0.717, 1.165) is 47.2 Å². The molecule has 0 radical (unpaired) electrons. The van der Waals surface area contributed by atoms with E-state index in [0.29, 0.717) is 41.3 Å². The summed E-state index contributed by atoms with van der Waals surface area (Å²) < 4.78 is 21.3. The van der Waals surface area contributed by atoms with Gasteiger partial charge in [0.05, 0.1) is 29.0 Å². The summed E-state index contributed by atoms with van der Waals surface area (Å²) in [5.41, 5.74) is 2.92. The average molecular weight is 446 g/mol. The van der Waals surface area contributed by atoms with Gasteiger partial charge in [-0.1, -0.05) is 0 Å². The van der Waals surface area contributed by atoms with E-state index in [2.05, 4.69) is 35.5 Å². The lowest BCUT2D eigenvalue weighted by Crippen LogP contribution is -2.40. The van der Waals surface area contributed by atoms with Crippen LogP contribution in [0.3, 0.4) is 0 Å². The number of hydrogen-bond acceptors (Lipinski definition) is 8. The minimum absolute atomic E-state index is 0.182. The zero-order chi connectivity index (χ0) is 22.3. The number of aromatic amines is 1. The number of benzene rings is 1. The molecule has 3 aliphatic rings. The zero-order valence-corrected chi connectivity index (χ0v) is 18.3. The number of anilines is 2. The van der Waals surface area contributed by atoms with Gasteiger partial charge in [0, 0.05) is 43.2 Å². The molecule has 9 nitrogen and oxygen atoms in total. The quantitative estimate of drug-likeness (QED) is 0.441. The van der Waals surface area contributed by atoms with Crippen molar-refractivity contribution in [1.29, 1.82) is 0 Å². The van der Waals surface area contributed by atoms with Crippen molar-refractivity contribution in [1.82, 2.24) is 30.2 Å². The van der Waals surface area contributed by atoms with E-state index < -0.39 is 0 Å². The molecule has 3 atom stereocenters. The van der Waals surface area contributed by atoms with Gasteiger partial charge >= 0.3 is 6.01 Å². The molecule has 0 spiro atoms. The maximum absolute atomic E-state index is 15.4. The number of nitrogens with zero attached hydrogens (tertiary/aromatic N) is 5. The van der Waals surface area contributed by atoms with Crippen LogP contribution in [0.15, 0.2) is 18.5 Å². The number of H-pyrrole nitrogens is 1. The lowest BCUT2D eigenvalue weighted by atomic mass is 9.96. The molecule has 3 aliphatic heterocycles. The van der Waals surface area contributed by atoms with Crippen molar-refractivity contribution in [2.24, 2.45) is 5.92 Å². The first-order valence-corrected chi connectivity index (χ1v) is 11.3. The molecule has 0 aliphatic carbocycles. The number of aryl methyl sites for hydroxylation is 1. The molecule has 0 bridgehead atoms. The van der Waals surface area contributed by atoms with E-state index in [4.69, 9.17) is 9.72 Å². The molecule has 3 N–H and O–H groups in total. The topological polar surface area (TPSA) is 104 Å². The van der Waals surface area contributed by atoms with Gasteiger partial charge in [0.1, 0.15) is 23.1 Å². The van der Waals surface area contributed by atoms with Crippen molar-refractivity contribution in [3.63, 3.8) is 0 Å². The Kier molecular flexibility index (Phi) is 3.88. The molecule has 1 aromatic carbocycles. The fraction of sp³-hybridized carbons (Fsp3) is 0.391. The fourth-order valence-corrected chi connectivity index (χ4v) is 5.90. The minimum atomic E-state index is -0.187. The first-order chi connectivity index (χ1) is 16.1. The number of ether oxygens (including phenoxy) is 1. The molecule has 4 aromatic rings. The first-order valence-electron chi connectivity index (χ1n) is 11.3. The normalized spacial score (nSPS) is 23.2. The van der Waals surface area contributed by atoms with Crippen LogP contribution in [0.25, 0.3) is 21.9 Å². The second-order valence-electron chi connectivity index (χ2n) is 9.12. The van der Waals surface area contributed by atoms with Crippen molar-refractivity contribution in [2.75, 3.05) is 30.4 Å². The van der Waals surface area contributed by atoms with Crippen molar-refractivity contribution < 1.29 is 9.13 Å². The number of nitrogens with one attached hydrogen (secondary N) is 3. The maximum atomic E-state index is 15.4. The highest BCUT2D eigenvalue weighted by atomic mass is 19.1. The summed E-state index contributed by atoms with van der Waals surface area (Å²) in [6.07, 6.45) is 4.88. The lowest BCUT2D eigenvalue weighted by Gasteiger charge is -2.30. The average Bonchev–Trinajstić information content (AvgIpc) is 3.47. The molecule has 2 saturated heterocycles. The summed E-state index contributed by atoms with van der Waals surface area (Å²) in [6.45, 7) is 3.69. The van der Waals surface area contributed by atoms with E-state index in [-0.39, 0.29) is 17.9 Å². The Morgan fingerprint density at radius 2 is 2.03 bits per heavy atom. The Morgan fingerprint density at radius 3 is 2.85 bits per heavy atom. The monoisotopic (exact) mass is 446 g/mol. The number of rotatable bonds is 3. The summed E-state index contributed by atoms with van der Waals surface area (Å²) in [6, 6.07) is 2.30. The highest BCUT2D eigenvalue weighted by Crippen LogP contribution is 2.47. The van der Waals surface area contributed by atoms with Gasteiger partial charge in [0.15, 0.2) is 5.75 Å². The van der Waals surface area contributed by atoms with Crippen LogP contribution in [-0.4, -0.2) is 57.1 Å². The van der Waals surface area contributed by atoms with E-state index in [1.54, 1.807) is 25.5 Å². The number of fused-ring (bicyclic) bond motifs is 4. The van der Waals surface area contributed by atoms with Crippen molar-refractivity contribution in [3.05, 3.63) is 35.7 Å². The summed E-state index contributed by atoms with van der Waals surface area (Å²) >= 11 is 0. The standard InChI is InChI=1S/C23H23FN8O/c1-10-27-7-13(8-28-10)33-23-30-21-19-18-14(15(24)5-16(25-2)20(18)29-21)4-12-3-11-6-26-9-17(11)32(12)22(19)31-23/h5,7-8,11-12,17,25-26H,3-4,6,9H2,1-2H3,(H,29,30,31). The smallest absolute Gasteiger partial charge is 0.326 e. The number of hydrogen-bond donors (Lipinski definition) is 3. The Labute approximate surface area is 188 Å². The van der Waals surface area contributed by atoms with Gasteiger partial charge in [-0.3, -0.25) is 0 Å². The van der Waals surface area contributed by atoms with Gasteiger partial charge in [-0.15, -0.1) is 0 Å². The van der Waals surface area contributed by atoms with Crippen LogP contribution in [0.5, 0.6) is 11.8 Å². The molecule has 3 unspecified atom stereocenters. The highest BCUT2D eigenvalue weighted by molar-refractivity contribution is 6.16. The predicted molar refractivity (Wildman–Crippen MR) is 122 cm³/mol. The van der Waals surface area contributed by atoms with Crippen LogP contribution in [0, 0.1) is 18.7 Å². The maximum Gasteiger partial charge on any atom is 0.326 e. The first kappa shape index (κ1) is 19.0. The summed E-state index contributed by atoms with van der Waals surface area (Å²) in [4.78, 5) is 23.8. The molecule has 3 aromatic heterocycles. The second kappa shape index (κ2) is 6.74. The van der Waals surface area contributed by atoms with Crippen LogP contribution in [0.1, 0.15) is 17.8 Å². The Hall–Kier alpha value is -3.53. The third-order valence-corrected chi connectivity index (χ3v) is 7.29. The predicted octanol–water partition coefficient (Wildman–Crippen LogP) is 2.91. The SMILES string of the molecule is CNc1cc(F)c2c3c1[nH]c1nc(Oc4cnc(C)nc4)nc(c13)N1C(C2)CC2CNCC21. The van der Waals surface area contributed by atoms with Gasteiger partial charge in [-0.05, 0) is 31.7 Å². The molecule has 0 amide bonds. The van der Waals surface area contributed by atoms with Crippen LogP contribution < -0.4 is 20.3 Å². The molecular weight excluding hydrogens is 423 g/mol. The molecule has 7 rings (SSSR count). The molecule has 33 heavy (non-hydrogen) atoms. The van der Waals surface area contributed by atoms with Crippen molar-refractivity contribution in [3.8, 4) is 11.8 Å². The third-order valence-electron chi connectivity index (χ3n) is 7.29. The van der Waals surface area contributed by atoms with Gasteiger partial charge in [-0.25, -0.2) is 14.4 Å². The van der Waals surface area contributed by atoms with Crippen molar-refractivity contribution >= 4 is 33.4 Å². The molecule has 10 heteroatoms. The Balaban J connectivity index is 1.49. The molecule has 2 fully saturated rings. The van der Waals surface area contributed by atoms with Gasteiger partial charge < -0.3 is 25.3 Å². The highest BCUT2D eigenvalue weighted by Gasteiger charge is 2.47. The summed E-state index contributed by atoms with van der Waals surface area (Å²) in [5.74, 6) is 2.27. The number of aromatic nitrogens is 5. The van der Waals surface area contributed by atoms with Crippen LogP contribution in [-0.2, 0) is 6.42 Å².